The molecule has 1 saturated carbocycles. The number of hydrogen-bond acceptors (Lipinski definition) is 5. The number of ether oxygens (including phenoxy) is 1. The normalized spacial score (nSPS) is 20.8. The molecule has 32 heavy (non-hydrogen) atoms. The van der Waals surface area contributed by atoms with E-state index >= 15 is 0 Å². The summed E-state index contributed by atoms with van der Waals surface area (Å²) in [5, 5.41) is 8.48. The van der Waals surface area contributed by atoms with E-state index in [2.05, 4.69) is 25.5 Å². The lowest BCUT2D eigenvalue weighted by Gasteiger charge is -2.37. The number of amides is 3. The van der Waals surface area contributed by atoms with E-state index < -0.39 is 35.6 Å². The predicted octanol–water partition coefficient (Wildman–Crippen LogP) is 3.28. The zero-order chi connectivity index (χ0) is 23.3. The first-order chi connectivity index (χ1) is 15.1. The Morgan fingerprint density at radius 1 is 1.06 bits per heavy atom. The average molecular weight is 462 g/mol. The van der Waals surface area contributed by atoms with Gasteiger partial charge in [0, 0.05) is 30.7 Å². The van der Waals surface area contributed by atoms with Gasteiger partial charge in [-0.1, -0.05) is 11.6 Å². The minimum atomic E-state index is -0.844. The lowest BCUT2D eigenvalue weighted by atomic mass is 9.86. The number of alkyl carbamates (subject to hydrolysis) is 1. The third kappa shape index (κ3) is 6.71. The van der Waals surface area contributed by atoms with Gasteiger partial charge in [-0.25, -0.2) is 9.78 Å². The van der Waals surface area contributed by atoms with Crippen molar-refractivity contribution in [3.05, 3.63) is 47.9 Å². The summed E-state index contributed by atoms with van der Waals surface area (Å²) in [6.07, 6.45) is 6.71. The molecular weight excluding hydrogens is 434 g/mol. The molecule has 0 aliphatic heterocycles. The molecule has 3 rings (SSSR count). The van der Waals surface area contributed by atoms with Crippen LogP contribution in [0.1, 0.15) is 46.1 Å². The van der Waals surface area contributed by atoms with Crippen molar-refractivity contribution in [2.24, 2.45) is 0 Å². The lowest BCUT2D eigenvalue weighted by molar-refractivity contribution is -0.136. The van der Waals surface area contributed by atoms with Crippen LogP contribution >= 0.6 is 11.6 Å². The summed E-state index contributed by atoms with van der Waals surface area (Å²) in [7, 11) is 0. The number of aromatic nitrogens is 2. The molecule has 3 atom stereocenters. The maximum atomic E-state index is 12.5. The highest BCUT2D eigenvalue weighted by Gasteiger charge is 2.35. The number of anilines is 1. The summed E-state index contributed by atoms with van der Waals surface area (Å²) < 4.78 is 7.47. The zero-order valence-electron chi connectivity index (χ0n) is 18.3. The van der Waals surface area contributed by atoms with Crippen LogP contribution in [-0.4, -0.2) is 45.1 Å². The van der Waals surface area contributed by atoms with Crippen molar-refractivity contribution in [3.8, 4) is 0 Å². The van der Waals surface area contributed by atoms with Crippen LogP contribution in [0.15, 0.2) is 42.9 Å². The second-order valence-corrected chi connectivity index (χ2v) is 9.18. The Hall–Kier alpha value is -3.07. The smallest absolute Gasteiger partial charge is 0.407 e. The second-order valence-electron chi connectivity index (χ2n) is 8.75. The van der Waals surface area contributed by atoms with Crippen molar-refractivity contribution in [2.75, 3.05) is 5.32 Å². The van der Waals surface area contributed by atoms with Gasteiger partial charge in [-0.2, -0.15) is 0 Å². The Kier molecular flexibility index (Phi) is 7.40. The molecule has 0 aromatic carbocycles. The third-order valence-corrected chi connectivity index (χ3v) is 5.29. The maximum Gasteiger partial charge on any atom is 0.407 e. The summed E-state index contributed by atoms with van der Waals surface area (Å²) in [5.74, 6) is -1.43. The third-order valence-electron chi connectivity index (χ3n) is 5.07. The number of hydrogen-bond donors (Lipinski definition) is 3. The number of halogens is 1. The molecule has 10 heteroatoms. The highest BCUT2D eigenvalue weighted by atomic mass is 35.5. The van der Waals surface area contributed by atoms with E-state index in [0.29, 0.717) is 17.9 Å². The zero-order valence-corrected chi connectivity index (χ0v) is 19.1. The molecule has 9 nitrogen and oxygen atoms in total. The van der Waals surface area contributed by atoms with Gasteiger partial charge in [-0.3, -0.25) is 9.59 Å². The topological polar surface area (TPSA) is 114 Å². The summed E-state index contributed by atoms with van der Waals surface area (Å²) in [4.78, 5) is 41.2. The Labute approximate surface area is 191 Å². The van der Waals surface area contributed by atoms with Crippen LogP contribution in [0.2, 0.25) is 5.02 Å². The highest BCUT2D eigenvalue weighted by Crippen LogP contribution is 2.29. The standard InChI is InChI=1S/C22H28ClN5O4/c1-22(2,3)32-21(31)26-17-12-15(28-10-4-5-11-28)7-8-16(17)25-19(29)20(30)27-18-9-6-14(23)13-24-18/h4-6,9-11,13,15-17H,7-8,12H2,1-3H3,(H,25,29)(H,26,31)(H,24,27,30)/t15-,16-,17+/m0/s1. The molecular formula is C22H28ClN5O4. The minimum Gasteiger partial charge on any atom is -0.444 e. The van der Waals surface area contributed by atoms with E-state index in [4.69, 9.17) is 16.3 Å². The predicted molar refractivity (Wildman–Crippen MR) is 120 cm³/mol. The molecule has 3 N–H and O–H groups in total. The molecule has 0 radical (unpaired) electrons. The summed E-state index contributed by atoms with van der Waals surface area (Å²) in [6.45, 7) is 5.35. The van der Waals surface area contributed by atoms with Crippen LogP contribution < -0.4 is 16.0 Å². The molecule has 1 aliphatic rings. The van der Waals surface area contributed by atoms with Crippen molar-refractivity contribution in [3.63, 3.8) is 0 Å². The quantitative estimate of drug-likeness (QED) is 0.604. The Morgan fingerprint density at radius 2 is 1.78 bits per heavy atom. The van der Waals surface area contributed by atoms with Crippen molar-refractivity contribution in [2.45, 2.75) is 63.8 Å². The number of rotatable bonds is 4. The molecule has 0 spiro atoms. The number of nitrogens with zero attached hydrogens (tertiary/aromatic N) is 2. The summed E-state index contributed by atoms with van der Waals surface area (Å²) in [6, 6.07) is 6.28. The number of carbonyl (C=O) groups excluding carboxylic acids is 3. The monoisotopic (exact) mass is 461 g/mol. The molecule has 2 aromatic heterocycles. The van der Waals surface area contributed by atoms with Crippen LogP contribution in [0.5, 0.6) is 0 Å². The summed E-state index contributed by atoms with van der Waals surface area (Å²) in [5.41, 5.74) is -0.650. The van der Waals surface area contributed by atoms with Crippen LogP contribution in [0.3, 0.4) is 0 Å². The molecule has 1 aliphatic carbocycles. The Bertz CT molecular complexity index is 940. The van der Waals surface area contributed by atoms with Gasteiger partial charge in [0.1, 0.15) is 11.4 Å². The van der Waals surface area contributed by atoms with Crippen molar-refractivity contribution >= 4 is 35.3 Å². The molecule has 172 valence electrons. The van der Waals surface area contributed by atoms with Crippen molar-refractivity contribution < 1.29 is 19.1 Å². The first-order valence-electron chi connectivity index (χ1n) is 10.5. The molecule has 1 fully saturated rings. The molecule has 0 saturated heterocycles. The van der Waals surface area contributed by atoms with Crippen LogP contribution in [0, 0.1) is 0 Å². The second kappa shape index (κ2) is 10.0. The molecule has 2 heterocycles. The van der Waals surface area contributed by atoms with Crippen LogP contribution in [0.4, 0.5) is 10.6 Å². The highest BCUT2D eigenvalue weighted by molar-refractivity contribution is 6.39. The van der Waals surface area contributed by atoms with Gasteiger partial charge in [-0.15, -0.1) is 0 Å². The van der Waals surface area contributed by atoms with Crippen LogP contribution in [-0.2, 0) is 14.3 Å². The van der Waals surface area contributed by atoms with Gasteiger partial charge in [0.25, 0.3) is 0 Å². The molecule has 0 unspecified atom stereocenters. The Morgan fingerprint density at radius 3 is 2.41 bits per heavy atom. The number of nitrogens with one attached hydrogen (secondary N) is 3. The van der Waals surface area contributed by atoms with Crippen molar-refractivity contribution in [1.82, 2.24) is 20.2 Å². The Balaban J connectivity index is 1.66. The molecule has 0 bridgehead atoms. The lowest BCUT2D eigenvalue weighted by Crippen LogP contribution is -2.56. The van der Waals surface area contributed by atoms with E-state index in [9.17, 15) is 14.4 Å². The number of carbonyl (C=O) groups is 3. The van der Waals surface area contributed by atoms with Gasteiger partial charge in [-0.05, 0) is 64.3 Å². The van der Waals surface area contributed by atoms with Crippen LogP contribution in [0.25, 0.3) is 0 Å². The van der Waals surface area contributed by atoms with Gasteiger partial charge in [0.05, 0.1) is 11.1 Å². The van der Waals surface area contributed by atoms with Crippen molar-refractivity contribution in [1.29, 1.82) is 0 Å². The fraction of sp³-hybridized carbons (Fsp3) is 0.455. The first-order valence-corrected chi connectivity index (χ1v) is 10.8. The molecule has 2 aromatic rings. The number of pyridine rings is 1. The minimum absolute atomic E-state index is 0.158. The van der Waals surface area contributed by atoms with Gasteiger partial charge >= 0.3 is 17.9 Å². The van der Waals surface area contributed by atoms with Gasteiger partial charge in [0.2, 0.25) is 0 Å². The van der Waals surface area contributed by atoms with Gasteiger partial charge in [0.15, 0.2) is 0 Å². The molecule has 3 amide bonds. The van der Waals surface area contributed by atoms with E-state index in [1.165, 1.54) is 12.3 Å². The summed E-state index contributed by atoms with van der Waals surface area (Å²) >= 11 is 5.78. The maximum absolute atomic E-state index is 12.5. The fourth-order valence-corrected chi connectivity index (χ4v) is 3.77. The SMILES string of the molecule is CC(C)(C)OC(=O)N[C@@H]1C[C@@H](n2cccc2)CC[C@@H]1NC(=O)C(=O)Nc1ccc(Cl)cn1. The average Bonchev–Trinajstić information content (AvgIpc) is 3.24. The van der Waals surface area contributed by atoms with E-state index in [0.717, 1.165) is 6.42 Å². The van der Waals surface area contributed by atoms with Gasteiger partial charge < -0.3 is 25.3 Å². The fourth-order valence-electron chi connectivity index (χ4n) is 3.66. The van der Waals surface area contributed by atoms with E-state index in [1.54, 1.807) is 26.8 Å². The first kappa shape index (κ1) is 23.6. The largest absolute Gasteiger partial charge is 0.444 e. The van der Waals surface area contributed by atoms with E-state index in [1.807, 2.05) is 24.5 Å². The van der Waals surface area contributed by atoms with E-state index in [-0.39, 0.29) is 11.9 Å².